The average Bonchev–Trinajstić information content (AvgIpc) is 2.05. The largest absolute Gasteiger partial charge is 0.253 e. The topological polar surface area (TPSA) is 25.8 Å². The minimum Gasteiger partial charge on any atom is -0.253 e. The summed E-state index contributed by atoms with van der Waals surface area (Å²) in [6, 6.07) is 3.97. The van der Waals surface area contributed by atoms with Crippen molar-refractivity contribution >= 4 is 49.6 Å². The lowest BCUT2D eigenvalue weighted by molar-refractivity contribution is 1.31. The van der Waals surface area contributed by atoms with Crippen molar-refractivity contribution in [2.75, 3.05) is 0 Å². The van der Waals surface area contributed by atoms with Crippen molar-refractivity contribution in [1.82, 2.24) is 9.97 Å². The molecule has 0 N–H and O–H groups in total. The van der Waals surface area contributed by atoms with Crippen molar-refractivity contribution in [3.63, 3.8) is 0 Å². The second-order valence-corrected chi connectivity index (χ2v) is 4.51. The fourth-order valence-electron chi connectivity index (χ4n) is 0.953. The Morgan fingerprint density at radius 3 is 2.58 bits per heavy atom. The third-order valence-electron chi connectivity index (χ3n) is 1.47. The van der Waals surface area contributed by atoms with Crippen LogP contribution in [0, 0.1) is 3.57 Å². The van der Waals surface area contributed by atoms with Gasteiger partial charge in [0.05, 0.1) is 11.0 Å². The number of aromatic nitrogens is 2. The fraction of sp³-hybridized carbons (Fsp3) is 0. The van der Waals surface area contributed by atoms with E-state index in [1.54, 1.807) is 6.20 Å². The smallest absolute Gasteiger partial charge is 0.0898 e. The normalized spacial score (nSPS) is 10.5. The van der Waals surface area contributed by atoms with E-state index in [4.69, 9.17) is 0 Å². The van der Waals surface area contributed by atoms with Gasteiger partial charge < -0.3 is 0 Å². The molecule has 2 rings (SSSR count). The first kappa shape index (κ1) is 8.37. The molecule has 0 fully saturated rings. The van der Waals surface area contributed by atoms with Crippen LogP contribution in [0.5, 0.6) is 0 Å². The Hall–Kier alpha value is -0.230. The van der Waals surface area contributed by atoms with E-state index in [2.05, 4.69) is 48.5 Å². The van der Waals surface area contributed by atoms with Crippen LogP contribution in [-0.2, 0) is 0 Å². The van der Waals surface area contributed by atoms with Gasteiger partial charge in [0.2, 0.25) is 0 Å². The zero-order valence-electron chi connectivity index (χ0n) is 5.96. The van der Waals surface area contributed by atoms with Crippen LogP contribution in [0.1, 0.15) is 0 Å². The maximum atomic E-state index is 4.24. The van der Waals surface area contributed by atoms with Gasteiger partial charge in [0.15, 0.2) is 0 Å². The minimum absolute atomic E-state index is 0.921. The highest BCUT2D eigenvalue weighted by Crippen LogP contribution is 2.16. The van der Waals surface area contributed by atoms with E-state index in [0.29, 0.717) is 0 Å². The van der Waals surface area contributed by atoms with Gasteiger partial charge in [0, 0.05) is 20.4 Å². The molecule has 0 radical (unpaired) electrons. The van der Waals surface area contributed by atoms with Crippen LogP contribution < -0.4 is 0 Å². The summed E-state index contributed by atoms with van der Waals surface area (Å²) in [5, 5.41) is 0. The van der Waals surface area contributed by atoms with Crippen molar-refractivity contribution in [2.24, 2.45) is 0 Å². The van der Waals surface area contributed by atoms with Gasteiger partial charge in [-0.05, 0) is 50.7 Å². The molecule has 12 heavy (non-hydrogen) atoms. The lowest BCUT2D eigenvalue weighted by Gasteiger charge is -1.96. The molecule has 2 nitrogen and oxygen atoms in total. The Bertz CT molecular complexity index is 389. The van der Waals surface area contributed by atoms with Crippen LogP contribution in [0.2, 0.25) is 0 Å². The first-order valence-electron chi connectivity index (χ1n) is 3.32. The van der Waals surface area contributed by atoms with Crippen LogP contribution in [0.3, 0.4) is 0 Å². The van der Waals surface area contributed by atoms with E-state index in [0.717, 1.165) is 19.1 Å². The van der Waals surface area contributed by atoms with E-state index in [1.165, 1.54) is 0 Å². The van der Waals surface area contributed by atoms with E-state index >= 15 is 0 Å². The Labute approximate surface area is 91.7 Å². The van der Waals surface area contributed by atoms with Crippen LogP contribution in [-0.4, -0.2) is 9.97 Å². The molecule has 0 aromatic carbocycles. The number of rotatable bonds is 0. The third-order valence-corrected chi connectivity index (χ3v) is 2.49. The number of hydrogen-bond acceptors (Lipinski definition) is 2. The second-order valence-electron chi connectivity index (χ2n) is 2.35. The van der Waals surface area contributed by atoms with Gasteiger partial charge in [-0.1, -0.05) is 0 Å². The summed E-state index contributed by atoms with van der Waals surface area (Å²) in [6.07, 6.45) is 3.61. The first-order valence-corrected chi connectivity index (χ1v) is 5.20. The number of nitrogens with zero attached hydrogens (tertiary/aromatic N) is 2. The zero-order valence-corrected chi connectivity index (χ0v) is 9.70. The van der Waals surface area contributed by atoms with Gasteiger partial charge in [-0.25, -0.2) is 0 Å². The molecule has 0 saturated heterocycles. The molecule has 2 aromatic heterocycles. The maximum absolute atomic E-state index is 4.24. The molecular weight excluding hydrogens is 331 g/mol. The Balaban J connectivity index is 2.79. The highest BCUT2D eigenvalue weighted by atomic mass is 127. The summed E-state index contributed by atoms with van der Waals surface area (Å²) >= 11 is 5.57. The molecule has 60 valence electrons. The first-order chi connectivity index (χ1) is 5.75. The lowest BCUT2D eigenvalue weighted by atomic mass is 10.3. The maximum Gasteiger partial charge on any atom is 0.0898 e. The molecule has 0 amide bonds. The predicted molar refractivity (Wildman–Crippen MR) is 60.0 cm³/mol. The molecule has 0 atom stereocenters. The summed E-state index contributed by atoms with van der Waals surface area (Å²) in [5.74, 6) is 0. The van der Waals surface area contributed by atoms with Gasteiger partial charge in [-0.3, -0.25) is 9.97 Å². The second kappa shape index (κ2) is 3.26. The van der Waals surface area contributed by atoms with Crippen LogP contribution in [0.25, 0.3) is 11.0 Å². The molecule has 4 heteroatoms. The van der Waals surface area contributed by atoms with Crippen molar-refractivity contribution in [3.05, 3.63) is 32.6 Å². The van der Waals surface area contributed by atoms with Crippen molar-refractivity contribution in [2.45, 2.75) is 0 Å². The van der Waals surface area contributed by atoms with Crippen molar-refractivity contribution in [1.29, 1.82) is 0 Å². The third kappa shape index (κ3) is 1.59. The Kier molecular flexibility index (Phi) is 2.27. The molecule has 2 heterocycles. The molecular formula is C8H4BrIN2. The number of pyridine rings is 2. The van der Waals surface area contributed by atoms with Crippen LogP contribution in [0.15, 0.2) is 29.0 Å². The van der Waals surface area contributed by atoms with Gasteiger partial charge in [0.1, 0.15) is 0 Å². The summed E-state index contributed by atoms with van der Waals surface area (Å²) in [6.45, 7) is 0. The molecule has 0 aliphatic heterocycles. The number of hydrogen-bond donors (Lipinski definition) is 0. The molecule has 0 saturated carbocycles. The highest BCUT2D eigenvalue weighted by molar-refractivity contribution is 14.1. The van der Waals surface area contributed by atoms with Gasteiger partial charge in [-0.15, -0.1) is 0 Å². The monoisotopic (exact) mass is 334 g/mol. The van der Waals surface area contributed by atoms with Crippen LogP contribution >= 0.6 is 38.5 Å². The highest BCUT2D eigenvalue weighted by Gasteiger charge is 1.97. The standard InChI is InChI=1S/C8H4BrIN2/c9-5-1-7-8(11-3-5)2-6(10)4-12-7/h1-4H. The molecule has 0 unspecified atom stereocenters. The fourth-order valence-corrected chi connectivity index (χ4v) is 1.71. The predicted octanol–water partition coefficient (Wildman–Crippen LogP) is 3.00. The lowest BCUT2D eigenvalue weighted by Crippen LogP contribution is -1.83. The molecule has 0 bridgehead atoms. The summed E-state index contributed by atoms with van der Waals surface area (Å²) in [7, 11) is 0. The number of fused-ring (bicyclic) bond motifs is 1. The van der Waals surface area contributed by atoms with Gasteiger partial charge in [-0.2, -0.15) is 0 Å². The van der Waals surface area contributed by atoms with Crippen molar-refractivity contribution < 1.29 is 0 Å². The SMILES string of the molecule is Brc1cnc2cc(I)cnc2c1. The van der Waals surface area contributed by atoms with E-state index in [-0.39, 0.29) is 0 Å². The van der Waals surface area contributed by atoms with Crippen LogP contribution in [0.4, 0.5) is 0 Å². The summed E-state index contributed by atoms with van der Waals surface area (Å²) in [4.78, 5) is 8.47. The number of halogens is 2. The summed E-state index contributed by atoms with van der Waals surface area (Å²) in [5.41, 5.74) is 1.86. The quantitative estimate of drug-likeness (QED) is 0.692. The molecule has 0 spiro atoms. The molecule has 2 aromatic rings. The Morgan fingerprint density at radius 2 is 1.75 bits per heavy atom. The Morgan fingerprint density at radius 1 is 1.08 bits per heavy atom. The van der Waals surface area contributed by atoms with E-state index in [9.17, 15) is 0 Å². The van der Waals surface area contributed by atoms with Crippen molar-refractivity contribution in [3.8, 4) is 0 Å². The molecule has 0 aliphatic rings. The zero-order chi connectivity index (χ0) is 8.55. The van der Waals surface area contributed by atoms with E-state index < -0.39 is 0 Å². The minimum atomic E-state index is 0.921. The summed E-state index contributed by atoms with van der Waals surface area (Å²) < 4.78 is 2.07. The van der Waals surface area contributed by atoms with Gasteiger partial charge in [0.25, 0.3) is 0 Å². The molecule has 0 aliphatic carbocycles. The van der Waals surface area contributed by atoms with E-state index in [1.807, 2.05) is 18.3 Å². The van der Waals surface area contributed by atoms with Gasteiger partial charge >= 0.3 is 0 Å². The average molecular weight is 335 g/mol.